The van der Waals surface area contributed by atoms with Crippen molar-refractivity contribution in [2.24, 2.45) is 0 Å². The Morgan fingerprint density at radius 1 is 0.903 bits per heavy atom. The summed E-state index contributed by atoms with van der Waals surface area (Å²) in [6.45, 7) is 3.94. The van der Waals surface area contributed by atoms with Gasteiger partial charge in [0, 0.05) is 26.2 Å². The molecule has 0 spiro atoms. The SMILES string of the molecule is O=C(Cc1ccccc1)Nc1cc(S(=O)(=O)N2CCOCC2)ccc1N1CCOCC1. The van der Waals surface area contributed by atoms with E-state index in [1.807, 2.05) is 30.3 Å². The highest BCUT2D eigenvalue weighted by Gasteiger charge is 2.28. The highest BCUT2D eigenvalue weighted by atomic mass is 32.2. The van der Waals surface area contributed by atoms with Crippen molar-refractivity contribution >= 4 is 27.3 Å². The molecule has 2 heterocycles. The number of sulfonamides is 1. The molecule has 0 atom stereocenters. The number of benzene rings is 2. The van der Waals surface area contributed by atoms with Crippen molar-refractivity contribution in [2.45, 2.75) is 11.3 Å². The van der Waals surface area contributed by atoms with Crippen LogP contribution in [0.3, 0.4) is 0 Å². The average molecular weight is 446 g/mol. The minimum atomic E-state index is -3.67. The highest BCUT2D eigenvalue weighted by molar-refractivity contribution is 7.89. The van der Waals surface area contributed by atoms with Gasteiger partial charge in [0.2, 0.25) is 15.9 Å². The van der Waals surface area contributed by atoms with Gasteiger partial charge in [0.05, 0.1) is 49.1 Å². The zero-order valence-corrected chi connectivity index (χ0v) is 18.1. The number of nitrogens with one attached hydrogen (secondary N) is 1. The molecule has 2 aromatic carbocycles. The van der Waals surface area contributed by atoms with Crippen LogP contribution in [0.2, 0.25) is 0 Å². The summed E-state index contributed by atoms with van der Waals surface area (Å²) < 4.78 is 38.4. The van der Waals surface area contributed by atoms with Crippen LogP contribution in [0.4, 0.5) is 11.4 Å². The number of rotatable bonds is 6. The number of morpholine rings is 2. The lowest BCUT2D eigenvalue weighted by Gasteiger charge is -2.31. The monoisotopic (exact) mass is 445 g/mol. The fraction of sp³-hybridized carbons (Fsp3) is 0.409. The molecule has 4 rings (SSSR count). The van der Waals surface area contributed by atoms with Crippen LogP contribution < -0.4 is 10.2 Å². The number of ether oxygens (including phenoxy) is 2. The first-order valence-electron chi connectivity index (χ1n) is 10.4. The van der Waals surface area contributed by atoms with Crippen LogP contribution in [0.5, 0.6) is 0 Å². The Balaban J connectivity index is 1.62. The molecule has 1 N–H and O–H groups in total. The van der Waals surface area contributed by atoms with E-state index in [0.717, 1.165) is 11.3 Å². The molecule has 0 aliphatic carbocycles. The molecule has 0 saturated carbocycles. The van der Waals surface area contributed by atoms with Crippen molar-refractivity contribution < 1.29 is 22.7 Å². The maximum Gasteiger partial charge on any atom is 0.243 e. The lowest BCUT2D eigenvalue weighted by molar-refractivity contribution is -0.115. The fourth-order valence-electron chi connectivity index (χ4n) is 3.77. The minimum absolute atomic E-state index is 0.168. The molecule has 0 aromatic heterocycles. The van der Waals surface area contributed by atoms with Gasteiger partial charge in [-0.15, -0.1) is 0 Å². The maximum absolute atomic E-state index is 13.1. The predicted octanol–water partition coefficient (Wildman–Crippen LogP) is 1.73. The molecular formula is C22H27N3O5S. The zero-order chi connectivity index (χ0) is 21.7. The van der Waals surface area contributed by atoms with E-state index in [9.17, 15) is 13.2 Å². The third-order valence-corrected chi connectivity index (χ3v) is 7.30. The van der Waals surface area contributed by atoms with Gasteiger partial charge in [-0.05, 0) is 23.8 Å². The van der Waals surface area contributed by atoms with Gasteiger partial charge in [-0.1, -0.05) is 30.3 Å². The van der Waals surface area contributed by atoms with Crippen molar-refractivity contribution in [1.29, 1.82) is 0 Å². The molecule has 9 heteroatoms. The quantitative estimate of drug-likeness (QED) is 0.729. The number of hydrogen-bond acceptors (Lipinski definition) is 6. The molecule has 2 aliphatic heterocycles. The van der Waals surface area contributed by atoms with Gasteiger partial charge in [0.1, 0.15) is 0 Å². The number of hydrogen-bond donors (Lipinski definition) is 1. The Bertz CT molecular complexity index is 1000. The summed E-state index contributed by atoms with van der Waals surface area (Å²) in [6, 6.07) is 14.4. The highest BCUT2D eigenvalue weighted by Crippen LogP contribution is 2.31. The largest absolute Gasteiger partial charge is 0.379 e. The third kappa shape index (κ3) is 5.24. The smallest absolute Gasteiger partial charge is 0.243 e. The van der Waals surface area contributed by atoms with Crippen molar-refractivity contribution in [3.63, 3.8) is 0 Å². The maximum atomic E-state index is 13.1. The van der Waals surface area contributed by atoms with Gasteiger partial charge >= 0.3 is 0 Å². The van der Waals surface area contributed by atoms with Crippen LogP contribution in [-0.4, -0.2) is 71.2 Å². The minimum Gasteiger partial charge on any atom is -0.379 e. The first-order valence-corrected chi connectivity index (χ1v) is 11.9. The Morgan fingerprint density at radius 3 is 2.23 bits per heavy atom. The molecule has 0 bridgehead atoms. The van der Waals surface area contributed by atoms with Crippen LogP contribution in [0.25, 0.3) is 0 Å². The van der Waals surface area contributed by atoms with Crippen molar-refractivity contribution in [1.82, 2.24) is 4.31 Å². The number of amides is 1. The van der Waals surface area contributed by atoms with E-state index < -0.39 is 10.0 Å². The molecule has 8 nitrogen and oxygen atoms in total. The molecule has 2 fully saturated rings. The topological polar surface area (TPSA) is 88.2 Å². The summed E-state index contributed by atoms with van der Waals surface area (Å²) in [5.41, 5.74) is 2.19. The number of carbonyl (C=O) groups excluding carboxylic acids is 1. The van der Waals surface area contributed by atoms with E-state index in [0.29, 0.717) is 58.3 Å². The Kier molecular flexibility index (Phi) is 6.86. The molecule has 2 aliphatic rings. The van der Waals surface area contributed by atoms with E-state index in [1.54, 1.807) is 18.2 Å². The second kappa shape index (κ2) is 9.78. The fourth-order valence-corrected chi connectivity index (χ4v) is 5.20. The molecule has 166 valence electrons. The van der Waals surface area contributed by atoms with Crippen molar-refractivity contribution in [3.8, 4) is 0 Å². The summed E-state index contributed by atoms with van der Waals surface area (Å²) in [5.74, 6) is -0.193. The number of anilines is 2. The lowest BCUT2D eigenvalue weighted by Crippen LogP contribution is -2.40. The van der Waals surface area contributed by atoms with E-state index in [2.05, 4.69) is 10.2 Å². The Morgan fingerprint density at radius 2 is 1.55 bits per heavy atom. The van der Waals surface area contributed by atoms with Crippen LogP contribution in [-0.2, 0) is 30.7 Å². The lowest BCUT2D eigenvalue weighted by atomic mass is 10.1. The van der Waals surface area contributed by atoms with E-state index in [1.165, 1.54) is 4.31 Å². The van der Waals surface area contributed by atoms with Gasteiger partial charge in [-0.3, -0.25) is 4.79 Å². The Labute approximate surface area is 182 Å². The van der Waals surface area contributed by atoms with E-state index in [-0.39, 0.29) is 17.2 Å². The molecule has 1 amide bonds. The standard InChI is InChI=1S/C22H27N3O5S/c26-22(16-18-4-2-1-3-5-18)23-20-17-19(31(27,28)25-10-14-30-15-11-25)6-7-21(20)24-8-12-29-13-9-24/h1-7,17H,8-16H2,(H,23,26). The summed E-state index contributed by atoms with van der Waals surface area (Å²) in [4.78, 5) is 15.0. The molecule has 2 aromatic rings. The van der Waals surface area contributed by atoms with E-state index >= 15 is 0 Å². The second-order valence-electron chi connectivity index (χ2n) is 7.51. The van der Waals surface area contributed by atoms with Gasteiger partial charge in [0.15, 0.2) is 0 Å². The molecule has 0 unspecified atom stereocenters. The summed E-state index contributed by atoms with van der Waals surface area (Å²) in [7, 11) is -3.67. The van der Waals surface area contributed by atoms with Crippen LogP contribution in [0, 0.1) is 0 Å². The van der Waals surface area contributed by atoms with Gasteiger partial charge in [-0.2, -0.15) is 4.31 Å². The number of nitrogens with zero attached hydrogens (tertiary/aromatic N) is 2. The summed E-state index contributed by atoms with van der Waals surface area (Å²) >= 11 is 0. The van der Waals surface area contributed by atoms with Gasteiger partial charge in [0.25, 0.3) is 0 Å². The summed E-state index contributed by atoms with van der Waals surface area (Å²) in [5, 5.41) is 2.94. The van der Waals surface area contributed by atoms with Gasteiger partial charge in [-0.25, -0.2) is 8.42 Å². The van der Waals surface area contributed by atoms with Crippen molar-refractivity contribution in [2.75, 3.05) is 62.8 Å². The predicted molar refractivity (Wildman–Crippen MR) is 118 cm³/mol. The molecule has 0 radical (unpaired) electrons. The summed E-state index contributed by atoms with van der Waals surface area (Å²) in [6.07, 6.45) is 0.212. The van der Waals surface area contributed by atoms with Crippen LogP contribution >= 0.6 is 0 Å². The Hall–Kier alpha value is -2.46. The third-order valence-electron chi connectivity index (χ3n) is 5.41. The first kappa shape index (κ1) is 21.8. The van der Waals surface area contributed by atoms with E-state index in [4.69, 9.17) is 9.47 Å². The number of carbonyl (C=O) groups is 1. The molecular weight excluding hydrogens is 418 g/mol. The first-order chi connectivity index (χ1) is 15.0. The van der Waals surface area contributed by atoms with Crippen LogP contribution in [0.1, 0.15) is 5.56 Å². The zero-order valence-electron chi connectivity index (χ0n) is 17.3. The van der Waals surface area contributed by atoms with Crippen molar-refractivity contribution in [3.05, 3.63) is 54.1 Å². The second-order valence-corrected chi connectivity index (χ2v) is 9.44. The average Bonchev–Trinajstić information content (AvgIpc) is 2.81. The molecule has 2 saturated heterocycles. The normalized spacial score (nSPS) is 18.0. The van der Waals surface area contributed by atoms with Gasteiger partial charge < -0.3 is 19.7 Å². The molecule has 31 heavy (non-hydrogen) atoms. The van der Waals surface area contributed by atoms with Crippen LogP contribution in [0.15, 0.2) is 53.4 Å².